The zero-order valence-corrected chi connectivity index (χ0v) is 13.9. The van der Waals surface area contributed by atoms with Gasteiger partial charge in [0.05, 0.1) is 5.92 Å². The zero-order valence-electron chi connectivity index (χ0n) is 13.1. The molecule has 0 bridgehead atoms. The van der Waals surface area contributed by atoms with E-state index in [-0.39, 0.29) is 24.2 Å². The number of fused-ring (bicyclic) bond motifs is 1. The Bertz CT molecular complexity index is 501. The molecule has 2 aliphatic rings. The number of para-hydroxylation sites is 1. The van der Waals surface area contributed by atoms with Crippen molar-refractivity contribution in [2.45, 2.75) is 19.3 Å². The first-order valence-corrected chi connectivity index (χ1v) is 7.92. The second kappa shape index (κ2) is 7.84. The van der Waals surface area contributed by atoms with Gasteiger partial charge in [0, 0.05) is 13.1 Å². The average molecular weight is 325 g/mol. The van der Waals surface area contributed by atoms with E-state index in [1.807, 2.05) is 30.1 Å². The molecule has 1 N–H and O–H groups in total. The maximum absolute atomic E-state index is 12.7. The smallest absolute Gasteiger partial charge is 0.229 e. The number of likely N-dealkylation sites (tertiary alicyclic amines) is 1. The summed E-state index contributed by atoms with van der Waals surface area (Å²) in [6.07, 6.45) is 3.03. The predicted molar refractivity (Wildman–Crippen MR) is 89.6 cm³/mol. The molecule has 1 aromatic carbocycles. The summed E-state index contributed by atoms with van der Waals surface area (Å²) in [6.45, 7) is 3.36. The Hall–Kier alpha value is -1.26. The van der Waals surface area contributed by atoms with E-state index in [4.69, 9.17) is 4.74 Å². The molecule has 22 heavy (non-hydrogen) atoms. The molecule has 2 aliphatic heterocycles. The maximum Gasteiger partial charge on any atom is 0.229 e. The molecule has 1 fully saturated rings. The molecular weight excluding hydrogens is 300 g/mol. The van der Waals surface area contributed by atoms with Gasteiger partial charge in [-0.1, -0.05) is 18.2 Å². The first-order chi connectivity index (χ1) is 10.3. The Balaban J connectivity index is 0.00000176. The molecule has 0 aliphatic carbocycles. The van der Waals surface area contributed by atoms with Crippen LogP contribution in [0.1, 0.15) is 18.4 Å². The van der Waals surface area contributed by atoms with Crippen molar-refractivity contribution in [1.82, 2.24) is 10.2 Å². The van der Waals surface area contributed by atoms with Gasteiger partial charge in [-0.3, -0.25) is 4.79 Å². The van der Waals surface area contributed by atoms with Crippen LogP contribution in [0.5, 0.6) is 5.75 Å². The molecule has 2 heterocycles. The van der Waals surface area contributed by atoms with Gasteiger partial charge in [0.15, 0.2) is 0 Å². The van der Waals surface area contributed by atoms with Crippen LogP contribution in [0.2, 0.25) is 0 Å². The van der Waals surface area contributed by atoms with E-state index in [0.717, 1.165) is 50.2 Å². The molecular formula is C17H25ClN2O2. The number of carbonyl (C=O) groups is 1. The lowest BCUT2D eigenvalue weighted by Crippen LogP contribution is -2.45. The number of amides is 1. The fraction of sp³-hybridized carbons (Fsp3) is 0.588. The van der Waals surface area contributed by atoms with Crippen molar-refractivity contribution >= 4 is 18.3 Å². The second-order valence-corrected chi connectivity index (χ2v) is 6.15. The summed E-state index contributed by atoms with van der Waals surface area (Å²) in [7, 11) is 1.99. The van der Waals surface area contributed by atoms with Gasteiger partial charge in [-0.2, -0.15) is 0 Å². The number of carbonyl (C=O) groups excluding carboxylic acids is 1. The summed E-state index contributed by atoms with van der Waals surface area (Å²) in [6, 6.07) is 8.04. The highest BCUT2D eigenvalue weighted by molar-refractivity contribution is 5.85. The molecule has 3 rings (SSSR count). The van der Waals surface area contributed by atoms with E-state index < -0.39 is 0 Å². The maximum atomic E-state index is 12.7. The van der Waals surface area contributed by atoms with Gasteiger partial charge < -0.3 is 15.0 Å². The number of nitrogens with zero attached hydrogens (tertiary/aromatic N) is 1. The Morgan fingerprint density at radius 3 is 2.77 bits per heavy atom. The lowest BCUT2D eigenvalue weighted by atomic mass is 9.92. The standard InChI is InChI=1S/C17H24N2O2.ClH/c1-18-11-13-6-8-19(9-7-13)17(20)15-10-14-4-2-3-5-16(14)21-12-15;/h2-5,13,15,18H,6-12H2,1H3;1H. The van der Waals surface area contributed by atoms with E-state index in [9.17, 15) is 4.79 Å². The summed E-state index contributed by atoms with van der Waals surface area (Å²) < 4.78 is 5.75. The van der Waals surface area contributed by atoms with Gasteiger partial charge in [-0.05, 0) is 50.4 Å². The number of nitrogens with one attached hydrogen (secondary N) is 1. The van der Waals surface area contributed by atoms with Gasteiger partial charge >= 0.3 is 0 Å². The molecule has 4 nitrogen and oxygen atoms in total. The number of piperidine rings is 1. The van der Waals surface area contributed by atoms with Crippen LogP contribution in [-0.4, -0.2) is 44.1 Å². The van der Waals surface area contributed by atoms with E-state index in [1.54, 1.807) is 0 Å². The highest BCUT2D eigenvalue weighted by Crippen LogP contribution is 2.28. The third-order valence-electron chi connectivity index (χ3n) is 4.65. The number of hydrogen-bond donors (Lipinski definition) is 1. The summed E-state index contributed by atoms with van der Waals surface area (Å²) >= 11 is 0. The third kappa shape index (κ3) is 3.73. The highest BCUT2D eigenvalue weighted by atomic mass is 35.5. The molecule has 1 aromatic rings. The number of hydrogen-bond acceptors (Lipinski definition) is 3. The van der Waals surface area contributed by atoms with E-state index >= 15 is 0 Å². The van der Waals surface area contributed by atoms with Crippen molar-refractivity contribution in [3.05, 3.63) is 29.8 Å². The highest BCUT2D eigenvalue weighted by Gasteiger charge is 2.31. The van der Waals surface area contributed by atoms with Crippen LogP contribution in [0.15, 0.2) is 24.3 Å². The molecule has 122 valence electrons. The molecule has 1 amide bonds. The predicted octanol–water partition coefficient (Wildman–Crippen LogP) is 2.12. The molecule has 0 saturated carbocycles. The normalized spacial score (nSPS) is 21.5. The minimum atomic E-state index is -0.0132. The summed E-state index contributed by atoms with van der Waals surface area (Å²) in [5.74, 6) is 1.91. The van der Waals surface area contributed by atoms with Crippen LogP contribution in [0, 0.1) is 11.8 Å². The molecule has 0 radical (unpaired) electrons. The van der Waals surface area contributed by atoms with Crippen LogP contribution in [0.3, 0.4) is 0 Å². The van der Waals surface area contributed by atoms with Crippen molar-refractivity contribution in [3.63, 3.8) is 0 Å². The lowest BCUT2D eigenvalue weighted by Gasteiger charge is -2.35. The molecule has 1 unspecified atom stereocenters. The summed E-state index contributed by atoms with van der Waals surface area (Å²) in [5.41, 5.74) is 1.16. The summed E-state index contributed by atoms with van der Waals surface area (Å²) in [4.78, 5) is 14.7. The molecule has 1 saturated heterocycles. The minimum Gasteiger partial charge on any atom is -0.492 e. The molecule has 0 aromatic heterocycles. The van der Waals surface area contributed by atoms with Crippen LogP contribution < -0.4 is 10.1 Å². The Labute approximate surface area is 138 Å². The second-order valence-electron chi connectivity index (χ2n) is 6.15. The number of ether oxygens (including phenoxy) is 1. The van der Waals surface area contributed by atoms with E-state index in [1.165, 1.54) is 0 Å². The Kier molecular flexibility index (Phi) is 6.09. The van der Waals surface area contributed by atoms with Crippen LogP contribution in [0.25, 0.3) is 0 Å². The van der Waals surface area contributed by atoms with Gasteiger partial charge in [0.2, 0.25) is 5.91 Å². The first-order valence-electron chi connectivity index (χ1n) is 7.92. The minimum absolute atomic E-state index is 0. The van der Waals surface area contributed by atoms with E-state index in [0.29, 0.717) is 12.5 Å². The van der Waals surface area contributed by atoms with Gasteiger partial charge in [-0.25, -0.2) is 0 Å². The molecule has 5 heteroatoms. The number of benzene rings is 1. The Morgan fingerprint density at radius 2 is 2.05 bits per heavy atom. The molecule has 0 spiro atoms. The van der Waals surface area contributed by atoms with Crippen LogP contribution in [-0.2, 0) is 11.2 Å². The van der Waals surface area contributed by atoms with Crippen LogP contribution >= 0.6 is 12.4 Å². The lowest BCUT2D eigenvalue weighted by molar-refractivity contribution is -0.138. The topological polar surface area (TPSA) is 41.6 Å². The first kappa shape index (κ1) is 17.1. The number of halogens is 1. The van der Waals surface area contributed by atoms with E-state index in [2.05, 4.69) is 11.4 Å². The summed E-state index contributed by atoms with van der Waals surface area (Å²) in [5, 5.41) is 3.23. The zero-order chi connectivity index (χ0) is 14.7. The van der Waals surface area contributed by atoms with Crippen molar-refractivity contribution in [1.29, 1.82) is 0 Å². The van der Waals surface area contributed by atoms with Crippen molar-refractivity contribution in [2.24, 2.45) is 11.8 Å². The van der Waals surface area contributed by atoms with Crippen molar-refractivity contribution in [2.75, 3.05) is 33.3 Å². The fourth-order valence-electron chi connectivity index (χ4n) is 3.39. The van der Waals surface area contributed by atoms with Gasteiger partial charge in [-0.15, -0.1) is 12.4 Å². The average Bonchev–Trinajstić information content (AvgIpc) is 2.55. The monoisotopic (exact) mass is 324 g/mol. The Morgan fingerprint density at radius 1 is 1.32 bits per heavy atom. The van der Waals surface area contributed by atoms with Crippen LogP contribution in [0.4, 0.5) is 0 Å². The van der Waals surface area contributed by atoms with Gasteiger partial charge in [0.25, 0.3) is 0 Å². The fourth-order valence-corrected chi connectivity index (χ4v) is 3.39. The SMILES string of the molecule is CNCC1CCN(C(=O)C2COc3ccccc3C2)CC1.Cl. The quantitative estimate of drug-likeness (QED) is 0.926. The van der Waals surface area contributed by atoms with Gasteiger partial charge in [0.1, 0.15) is 12.4 Å². The largest absolute Gasteiger partial charge is 0.492 e. The third-order valence-corrected chi connectivity index (χ3v) is 4.65. The molecule has 1 atom stereocenters. The number of rotatable bonds is 3. The van der Waals surface area contributed by atoms with Crippen molar-refractivity contribution in [3.8, 4) is 5.75 Å². The van der Waals surface area contributed by atoms with Crippen molar-refractivity contribution < 1.29 is 9.53 Å².